The van der Waals surface area contributed by atoms with Crippen molar-refractivity contribution in [2.45, 2.75) is 0 Å². The van der Waals surface area contributed by atoms with Crippen molar-refractivity contribution >= 4 is 27.4 Å². The van der Waals surface area contributed by atoms with Gasteiger partial charge in [-0.2, -0.15) is 0 Å². The minimum atomic E-state index is -0.815. The largest absolute Gasteiger partial charge is 0.506 e. The summed E-state index contributed by atoms with van der Waals surface area (Å²) in [5.41, 5.74) is -0.300. The van der Waals surface area contributed by atoms with Crippen LogP contribution >= 0.6 is 11.3 Å². The molecule has 0 fully saturated rings. The van der Waals surface area contributed by atoms with Crippen LogP contribution in [0.25, 0.3) is 10.1 Å². The average Bonchev–Trinajstić information content (AvgIpc) is 2.28. The van der Waals surface area contributed by atoms with E-state index in [1.54, 1.807) is 24.3 Å². The number of ether oxygens (including phenoxy) is 1. The lowest BCUT2D eigenvalue weighted by molar-refractivity contribution is 0.0597. The van der Waals surface area contributed by atoms with Gasteiger partial charge in [0, 0.05) is 10.1 Å². The Bertz CT molecular complexity index is 615. The van der Waals surface area contributed by atoms with Crippen LogP contribution in [-0.2, 0) is 4.74 Å². The van der Waals surface area contributed by atoms with E-state index in [0.717, 1.165) is 11.3 Å². The maximum atomic E-state index is 11.6. The topological polar surface area (TPSA) is 63.6 Å². The van der Waals surface area contributed by atoms with Crippen LogP contribution in [-0.4, -0.2) is 18.2 Å². The molecule has 0 amide bonds. The molecule has 0 unspecified atom stereocenters. The summed E-state index contributed by atoms with van der Waals surface area (Å²) < 4.78 is 4.59. The van der Waals surface area contributed by atoms with Gasteiger partial charge >= 0.3 is 5.97 Å². The first-order valence-electron chi connectivity index (χ1n) is 4.48. The molecule has 0 aliphatic heterocycles. The molecule has 82 valence electrons. The Morgan fingerprint density at radius 3 is 2.75 bits per heavy atom. The smallest absolute Gasteiger partial charge is 0.346 e. The number of hydrogen-bond donors (Lipinski definition) is 1. The molecule has 1 aromatic carbocycles. The molecule has 0 atom stereocenters. The molecule has 4 nitrogen and oxygen atoms in total. The molecule has 1 heterocycles. The van der Waals surface area contributed by atoms with Crippen molar-refractivity contribution in [3.8, 4) is 5.75 Å². The van der Waals surface area contributed by atoms with Gasteiger partial charge in [0.25, 0.3) is 4.74 Å². The zero-order valence-electron chi connectivity index (χ0n) is 8.39. The van der Waals surface area contributed by atoms with Gasteiger partial charge in [-0.05, 0) is 12.1 Å². The number of fused-ring (bicyclic) bond motifs is 1. The fourth-order valence-electron chi connectivity index (χ4n) is 1.42. The van der Waals surface area contributed by atoms with Crippen LogP contribution in [0.4, 0.5) is 0 Å². The molecule has 0 saturated carbocycles. The highest BCUT2D eigenvalue weighted by molar-refractivity contribution is 7.16. The van der Waals surface area contributed by atoms with E-state index in [1.165, 1.54) is 7.11 Å². The van der Waals surface area contributed by atoms with Crippen molar-refractivity contribution in [1.29, 1.82) is 0 Å². The summed E-state index contributed by atoms with van der Waals surface area (Å²) in [5.74, 6) is -1.13. The molecule has 2 aromatic rings. The van der Waals surface area contributed by atoms with E-state index in [2.05, 4.69) is 4.74 Å². The van der Waals surface area contributed by atoms with Gasteiger partial charge in [-0.25, -0.2) is 4.79 Å². The maximum Gasteiger partial charge on any atom is 0.346 e. The van der Waals surface area contributed by atoms with E-state index >= 15 is 0 Å². The van der Waals surface area contributed by atoms with Gasteiger partial charge < -0.3 is 9.84 Å². The molecule has 5 heteroatoms. The first-order valence-corrected chi connectivity index (χ1v) is 5.30. The second kappa shape index (κ2) is 3.94. The predicted octanol–water partition coefficient (Wildman–Crippen LogP) is 1.75. The highest BCUT2D eigenvalue weighted by Gasteiger charge is 2.19. The monoisotopic (exact) mass is 236 g/mol. The van der Waals surface area contributed by atoms with Gasteiger partial charge in [0.1, 0.15) is 5.75 Å². The Morgan fingerprint density at radius 2 is 2.06 bits per heavy atom. The Labute approximate surface area is 94.7 Å². The van der Waals surface area contributed by atoms with Crippen LogP contribution in [0.5, 0.6) is 5.75 Å². The number of rotatable bonds is 1. The average molecular weight is 236 g/mol. The Kier molecular flexibility index (Phi) is 2.62. The molecule has 1 aromatic heterocycles. The fourth-order valence-corrected chi connectivity index (χ4v) is 2.32. The van der Waals surface area contributed by atoms with Crippen LogP contribution in [0.1, 0.15) is 10.4 Å². The number of aromatic hydroxyl groups is 1. The molecular weight excluding hydrogens is 228 g/mol. The zero-order valence-corrected chi connectivity index (χ0v) is 9.21. The van der Waals surface area contributed by atoms with Gasteiger partial charge in [0.05, 0.1) is 7.11 Å². The lowest BCUT2D eigenvalue weighted by Gasteiger charge is -2.04. The number of carbonyl (C=O) groups excluding carboxylic acids is 1. The van der Waals surface area contributed by atoms with Gasteiger partial charge in [-0.1, -0.05) is 23.5 Å². The third-order valence-electron chi connectivity index (χ3n) is 2.18. The first-order chi connectivity index (χ1) is 7.65. The van der Waals surface area contributed by atoms with E-state index < -0.39 is 10.7 Å². The minimum absolute atomic E-state index is 0.300. The Hall–Kier alpha value is -1.88. The van der Waals surface area contributed by atoms with Gasteiger partial charge in [-0.15, -0.1) is 0 Å². The summed E-state index contributed by atoms with van der Waals surface area (Å²) in [6, 6.07) is 6.84. The molecule has 0 aliphatic rings. The molecule has 2 rings (SSSR count). The number of esters is 1. The first kappa shape index (κ1) is 10.6. The zero-order chi connectivity index (χ0) is 11.7. The van der Waals surface area contributed by atoms with Gasteiger partial charge in [0.2, 0.25) is 0 Å². The number of benzene rings is 1. The lowest BCUT2D eigenvalue weighted by Crippen LogP contribution is -2.13. The molecule has 0 aliphatic carbocycles. The third-order valence-corrected chi connectivity index (χ3v) is 3.14. The Balaban J connectivity index is 2.86. The van der Waals surface area contributed by atoms with Crippen molar-refractivity contribution < 1.29 is 14.6 Å². The highest BCUT2D eigenvalue weighted by atomic mass is 32.1. The van der Waals surface area contributed by atoms with E-state index in [4.69, 9.17) is 0 Å². The van der Waals surface area contributed by atoms with Crippen molar-refractivity contribution in [2.24, 2.45) is 0 Å². The fraction of sp³-hybridized carbons (Fsp3) is 0.0909. The second-order valence-corrected chi connectivity index (χ2v) is 4.12. The van der Waals surface area contributed by atoms with E-state index in [-0.39, 0.29) is 11.3 Å². The van der Waals surface area contributed by atoms with Crippen LogP contribution in [0.3, 0.4) is 0 Å². The van der Waals surface area contributed by atoms with Crippen molar-refractivity contribution in [2.75, 3.05) is 7.11 Å². The molecule has 1 N–H and O–H groups in total. The SMILES string of the molecule is COC(=O)c1c(O)c2ccccc2sc1=O. The molecule has 0 bridgehead atoms. The molecular formula is C11H8O4S. The van der Waals surface area contributed by atoms with Crippen molar-refractivity contribution in [3.05, 3.63) is 39.4 Å². The lowest BCUT2D eigenvalue weighted by atomic mass is 10.2. The highest BCUT2D eigenvalue weighted by Crippen LogP contribution is 2.28. The molecule has 0 radical (unpaired) electrons. The maximum absolute atomic E-state index is 11.6. The number of carbonyl (C=O) groups is 1. The van der Waals surface area contributed by atoms with E-state index in [1.807, 2.05) is 0 Å². The van der Waals surface area contributed by atoms with E-state index in [0.29, 0.717) is 10.1 Å². The summed E-state index contributed by atoms with van der Waals surface area (Å²) >= 11 is 0.910. The molecule has 0 saturated heterocycles. The van der Waals surface area contributed by atoms with Crippen molar-refractivity contribution in [1.82, 2.24) is 0 Å². The summed E-state index contributed by atoms with van der Waals surface area (Å²) in [7, 11) is 1.17. The number of hydrogen-bond acceptors (Lipinski definition) is 5. The molecule has 0 spiro atoms. The summed E-state index contributed by atoms with van der Waals surface area (Å²) in [5, 5.41) is 10.3. The summed E-state index contributed by atoms with van der Waals surface area (Å²) in [6.45, 7) is 0. The second-order valence-electron chi connectivity index (χ2n) is 3.10. The van der Waals surface area contributed by atoms with Crippen LogP contribution < -0.4 is 4.74 Å². The van der Waals surface area contributed by atoms with Gasteiger partial charge in [-0.3, -0.25) is 4.79 Å². The summed E-state index contributed by atoms with van der Waals surface area (Å²) in [4.78, 5) is 22.9. The predicted molar refractivity (Wildman–Crippen MR) is 61.1 cm³/mol. The van der Waals surface area contributed by atoms with Gasteiger partial charge in [0.15, 0.2) is 5.56 Å². The summed E-state index contributed by atoms with van der Waals surface area (Å²) in [6.07, 6.45) is 0. The van der Waals surface area contributed by atoms with Crippen molar-refractivity contribution in [3.63, 3.8) is 0 Å². The Morgan fingerprint density at radius 1 is 1.38 bits per heavy atom. The normalized spacial score (nSPS) is 10.3. The minimum Gasteiger partial charge on any atom is -0.506 e. The van der Waals surface area contributed by atoms with Crippen LogP contribution in [0.2, 0.25) is 0 Å². The van der Waals surface area contributed by atoms with E-state index in [9.17, 15) is 14.7 Å². The quantitative estimate of drug-likeness (QED) is 0.766. The van der Waals surface area contributed by atoms with Crippen LogP contribution in [0.15, 0.2) is 29.1 Å². The standard InChI is InChI=1S/C11H8O4S/c1-15-10(13)8-9(12)6-4-2-3-5-7(6)16-11(8)14/h2-5,12H,1H3. The molecule has 16 heavy (non-hydrogen) atoms. The third kappa shape index (κ3) is 1.55. The number of methoxy groups -OCH3 is 1. The van der Waals surface area contributed by atoms with Crippen LogP contribution in [0, 0.1) is 0 Å².